The standard InChI is InChI=1S/C15H19N2O4PS/c18-14(13-9-10-5-1-2-7-12(10)23-13)17-15(22(19,20)21)11-6-3-4-8-16-11/h1-2,5,7,9,11,15-16H,3-4,6,8H2,(H,17,18)(H2,19,20,21). The van der Waals surface area contributed by atoms with Gasteiger partial charge in [0.1, 0.15) is 5.78 Å². The summed E-state index contributed by atoms with van der Waals surface area (Å²) in [4.78, 5) is 32.2. The van der Waals surface area contributed by atoms with E-state index in [-0.39, 0.29) is 0 Å². The van der Waals surface area contributed by atoms with E-state index in [1.165, 1.54) is 11.3 Å². The monoisotopic (exact) mass is 354 g/mol. The van der Waals surface area contributed by atoms with Crippen molar-refractivity contribution in [3.63, 3.8) is 0 Å². The second-order valence-electron chi connectivity index (χ2n) is 5.71. The van der Waals surface area contributed by atoms with Crippen LogP contribution in [0.4, 0.5) is 0 Å². The topological polar surface area (TPSA) is 98.7 Å². The first-order valence-corrected chi connectivity index (χ1v) is 10.0. The molecule has 4 N–H and O–H groups in total. The molecule has 23 heavy (non-hydrogen) atoms. The average molecular weight is 354 g/mol. The van der Waals surface area contributed by atoms with E-state index in [1.54, 1.807) is 6.07 Å². The maximum Gasteiger partial charge on any atom is 0.349 e. The van der Waals surface area contributed by atoms with E-state index in [2.05, 4.69) is 10.6 Å². The largest absolute Gasteiger partial charge is 0.349 e. The summed E-state index contributed by atoms with van der Waals surface area (Å²) in [6, 6.07) is 8.96. The van der Waals surface area contributed by atoms with Gasteiger partial charge in [0.15, 0.2) is 0 Å². The number of amides is 1. The second kappa shape index (κ2) is 6.71. The highest BCUT2D eigenvalue weighted by molar-refractivity contribution is 7.52. The van der Waals surface area contributed by atoms with Crippen LogP contribution in [-0.4, -0.2) is 34.1 Å². The average Bonchev–Trinajstić information content (AvgIpc) is 2.96. The van der Waals surface area contributed by atoms with Crippen molar-refractivity contribution < 1.29 is 19.1 Å². The molecule has 1 aliphatic rings. The minimum absolute atomic E-state index is 0.400. The van der Waals surface area contributed by atoms with Crippen LogP contribution in [0.5, 0.6) is 0 Å². The summed E-state index contributed by atoms with van der Waals surface area (Å²) in [5.41, 5.74) is 0. The molecule has 1 fully saturated rings. The first-order chi connectivity index (χ1) is 10.9. The lowest BCUT2D eigenvalue weighted by molar-refractivity contribution is 0.0937. The van der Waals surface area contributed by atoms with Crippen LogP contribution in [0.1, 0.15) is 28.9 Å². The van der Waals surface area contributed by atoms with Crippen LogP contribution >= 0.6 is 18.9 Å². The van der Waals surface area contributed by atoms with Gasteiger partial charge in [-0.3, -0.25) is 9.36 Å². The Labute approximate surface area is 138 Å². The van der Waals surface area contributed by atoms with Crippen LogP contribution in [0, 0.1) is 0 Å². The lowest BCUT2D eigenvalue weighted by Crippen LogP contribution is -2.51. The summed E-state index contributed by atoms with van der Waals surface area (Å²) in [5.74, 6) is -1.63. The summed E-state index contributed by atoms with van der Waals surface area (Å²) >= 11 is 1.32. The number of hydrogen-bond acceptors (Lipinski definition) is 4. The predicted octanol–water partition coefficient (Wildman–Crippen LogP) is 2.28. The summed E-state index contributed by atoms with van der Waals surface area (Å²) < 4.78 is 12.8. The van der Waals surface area contributed by atoms with Crippen molar-refractivity contribution >= 4 is 34.9 Å². The van der Waals surface area contributed by atoms with E-state index in [1.807, 2.05) is 24.3 Å². The van der Waals surface area contributed by atoms with Gasteiger partial charge in [-0.2, -0.15) is 0 Å². The molecule has 6 nitrogen and oxygen atoms in total. The maximum absolute atomic E-state index is 12.4. The van der Waals surface area contributed by atoms with Crippen molar-refractivity contribution in [2.45, 2.75) is 31.1 Å². The Balaban J connectivity index is 1.81. The molecule has 1 saturated heterocycles. The van der Waals surface area contributed by atoms with Gasteiger partial charge in [-0.05, 0) is 36.9 Å². The van der Waals surface area contributed by atoms with Gasteiger partial charge < -0.3 is 20.4 Å². The Morgan fingerprint density at radius 3 is 2.78 bits per heavy atom. The second-order valence-corrected chi connectivity index (χ2v) is 8.53. The fraction of sp³-hybridized carbons (Fsp3) is 0.400. The molecule has 0 bridgehead atoms. The van der Waals surface area contributed by atoms with Gasteiger partial charge >= 0.3 is 7.60 Å². The predicted molar refractivity (Wildman–Crippen MR) is 90.8 cm³/mol. The Kier molecular flexibility index (Phi) is 4.85. The zero-order valence-corrected chi connectivity index (χ0v) is 14.1. The molecule has 2 unspecified atom stereocenters. The number of rotatable bonds is 4. The Hall–Kier alpha value is -1.24. The van der Waals surface area contributed by atoms with Crippen LogP contribution in [0.3, 0.4) is 0 Å². The van der Waals surface area contributed by atoms with Crippen LogP contribution in [0.15, 0.2) is 30.3 Å². The summed E-state index contributed by atoms with van der Waals surface area (Å²) in [6.07, 6.45) is 2.52. The van der Waals surface area contributed by atoms with Gasteiger partial charge in [-0.1, -0.05) is 24.6 Å². The highest BCUT2D eigenvalue weighted by Gasteiger charge is 2.38. The first kappa shape index (κ1) is 16.6. The minimum atomic E-state index is -4.44. The van der Waals surface area contributed by atoms with Gasteiger partial charge in [0.05, 0.1) is 4.88 Å². The molecule has 2 aromatic rings. The molecular formula is C15H19N2O4PS. The molecule has 1 aromatic heterocycles. The van der Waals surface area contributed by atoms with Gasteiger partial charge in [0.25, 0.3) is 5.91 Å². The molecule has 0 aliphatic carbocycles. The van der Waals surface area contributed by atoms with Crippen molar-refractivity contribution in [3.05, 3.63) is 35.2 Å². The number of benzene rings is 1. The van der Waals surface area contributed by atoms with Gasteiger partial charge in [0.2, 0.25) is 0 Å². The van der Waals surface area contributed by atoms with Crippen molar-refractivity contribution in [2.75, 3.05) is 6.54 Å². The molecule has 0 saturated carbocycles. The molecule has 0 spiro atoms. The van der Waals surface area contributed by atoms with E-state index in [9.17, 15) is 19.1 Å². The molecule has 2 atom stereocenters. The summed E-state index contributed by atoms with van der Waals surface area (Å²) in [5, 5.41) is 6.61. The molecule has 1 aliphatic heterocycles. The fourth-order valence-electron chi connectivity index (χ4n) is 2.87. The molecule has 1 aromatic carbocycles. The molecule has 0 radical (unpaired) electrons. The number of nitrogens with one attached hydrogen (secondary N) is 2. The first-order valence-electron chi connectivity index (χ1n) is 7.53. The van der Waals surface area contributed by atoms with Crippen LogP contribution in [0.2, 0.25) is 0 Å². The third-order valence-corrected chi connectivity index (χ3v) is 6.35. The zero-order valence-electron chi connectivity index (χ0n) is 12.4. The molecule has 3 rings (SSSR count). The molecule has 8 heteroatoms. The number of hydrogen-bond donors (Lipinski definition) is 4. The number of carbonyl (C=O) groups is 1. The molecule has 2 heterocycles. The Morgan fingerprint density at radius 2 is 2.13 bits per heavy atom. The lowest BCUT2D eigenvalue weighted by Gasteiger charge is -2.32. The zero-order chi connectivity index (χ0) is 16.4. The summed E-state index contributed by atoms with van der Waals surface area (Å²) in [6.45, 7) is 0.708. The molecule has 124 valence electrons. The quantitative estimate of drug-likeness (QED) is 0.632. The lowest BCUT2D eigenvalue weighted by atomic mass is 10.0. The van der Waals surface area contributed by atoms with Gasteiger partial charge in [0, 0.05) is 10.7 Å². The smallest absolute Gasteiger partial charge is 0.336 e. The van der Waals surface area contributed by atoms with Crippen molar-refractivity contribution in [1.82, 2.24) is 10.6 Å². The van der Waals surface area contributed by atoms with E-state index in [0.717, 1.165) is 22.9 Å². The van der Waals surface area contributed by atoms with Gasteiger partial charge in [-0.25, -0.2) is 0 Å². The fourth-order valence-corrected chi connectivity index (χ4v) is 4.84. The van der Waals surface area contributed by atoms with E-state index < -0.39 is 25.3 Å². The van der Waals surface area contributed by atoms with Crippen molar-refractivity contribution in [3.8, 4) is 0 Å². The highest BCUT2D eigenvalue weighted by atomic mass is 32.1. The normalized spacial score (nSPS) is 20.3. The van der Waals surface area contributed by atoms with Crippen LogP contribution in [-0.2, 0) is 4.57 Å². The third-order valence-electron chi connectivity index (χ3n) is 4.02. The highest BCUT2D eigenvalue weighted by Crippen LogP contribution is 2.43. The number of fused-ring (bicyclic) bond motifs is 1. The molecular weight excluding hydrogens is 335 g/mol. The summed E-state index contributed by atoms with van der Waals surface area (Å²) in [7, 11) is -4.44. The molecule has 1 amide bonds. The van der Waals surface area contributed by atoms with Crippen LogP contribution in [0.25, 0.3) is 10.1 Å². The van der Waals surface area contributed by atoms with E-state index in [0.29, 0.717) is 17.8 Å². The van der Waals surface area contributed by atoms with Gasteiger partial charge in [-0.15, -0.1) is 11.3 Å². The van der Waals surface area contributed by atoms with Crippen LogP contribution < -0.4 is 10.6 Å². The number of carbonyl (C=O) groups excluding carboxylic acids is 1. The Morgan fingerprint density at radius 1 is 1.35 bits per heavy atom. The minimum Gasteiger partial charge on any atom is -0.336 e. The SMILES string of the molecule is O=C(NC(C1CCCCN1)P(=O)(O)O)c1cc2ccccc2s1. The Bertz CT molecular complexity index is 718. The van der Waals surface area contributed by atoms with E-state index >= 15 is 0 Å². The number of thiophene rings is 1. The van der Waals surface area contributed by atoms with Crippen molar-refractivity contribution in [2.24, 2.45) is 0 Å². The third kappa shape index (κ3) is 3.82. The van der Waals surface area contributed by atoms with Crippen molar-refractivity contribution in [1.29, 1.82) is 0 Å². The maximum atomic E-state index is 12.4. The number of piperidine rings is 1. The van der Waals surface area contributed by atoms with E-state index in [4.69, 9.17) is 0 Å².